The van der Waals surface area contributed by atoms with Crippen LogP contribution in [0.2, 0.25) is 0 Å². The lowest BCUT2D eigenvalue weighted by Gasteiger charge is -2.10. The summed E-state index contributed by atoms with van der Waals surface area (Å²) in [4.78, 5) is 11.1. The van der Waals surface area contributed by atoms with E-state index in [4.69, 9.17) is 9.47 Å². The van der Waals surface area contributed by atoms with Crippen LogP contribution in [0.15, 0.2) is 18.2 Å². The molecule has 0 saturated carbocycles. The first-order chi connectivity index (χ1) is 10.0. The standard InChI is InChI=1S/C16H23FO4/c1-3-20-16(19)7-5-4-6-10-21-15-9-8-13(12(2)18)11-14(15)17/h8-9,11-12,18H,3-7,10H2,1-2H3/t12-/m0/s1. The lowest BCUT2D eigenvalue weighted by Crippen LogP contribution is -2.04. The fraction of sp³-hybridized carbons (Fsp3) is 0.562. The van der Waals surface area contributed by atoms with Crippen molar-refractivity contribution in [1.82, 2.24) is 0 Å². The number of hydrogen-bond acceptors (Lipinski definition) is 4. The highest BCUT2D eigenvalue weighted by Crippen LogP contribution is 2.22. The Morgan fingerprint density at radius 3 is 2.71 bits per heavy atom. The first kappa shape index (κ1) is 17.4. The molecule has 5 heteroatoms. The van der Waals surface area contributed by atoms with E-state index < -0.39 is 11.9 Å². The van der Waals surface area contributed by atoms with Crippen molar-refractivity contribution >= 4 is 5.97 Å². The molecule has 1 atom stereocenters. The quantitative estimate of drug-likeness (QED) is 0.561. The number of hydrogen-bond donors (Lipinski definition) is 1. The van der Waals surface area contributed by atoms with Crippen molar-refractivity contribution < 1.29 is 23.8 Å². The van der Waals surface area contributed by atoms with E-state index in [1.54, 1.807) is 19.9 Å². The Labute approximate surface area is 124 Å². The number of aliphatic hydroxyl groups excluding tert-OH is 1. The lowest BCUT2D eigenvalue weighted by molar-refractivity contribution is -0.143. The van der Waals surface area contributed by atoms with Gasteiger partial charge in [-0.05, 0) is 50.8 Å². The third-order valence-corrected chi connectivity index (χ3v) is 3.03. The summed E-state index contributed by atoms with van der Waals surface area (Å²) in [5, 5.41) is 9.35. The summed E-state index contributed by atoms with van der Waals surface area (Å²) >= 11 is 0. The molecule has 0 amide bonds. The van der Waals surface area contributed by atoms with Crippen LogP contribution in [0, 0.1) is 5.82 Å². The van der Waals surface area contributed by atoms with Gasteiger partial charge < -0.3 is 14.6 Å². The third kappa shape index (κ3) is 6.58. The van der Waals surface area contributed by atoms with Gasteiger partial charge in [-0.2, -0.15) is 0 Å². The molecule has 21 heavy (non-hydrogen) atoms. The zero-order chi connectivity index (χ0) is 15.7. The third-order valence-electron chi connectivity index (χ3n) is 3.03. The van der Waals surface area contributed by atoms with Crippen molar-refractivity contribution in [3.05, 3.63) is 29.6 Å². The van der Waals surface area contributed by atoms with Crippen LogP contribution in [0.25, 0.3) is 0 Å². The first-order valence-corrected chi connectivity index (χ1v) is 7.30. The molecule has 0 aromatic heterocycles. The second kappa shape index (κ2) is 9.34. The van der Waals surface area contributed by atoms with Crippen LogP contribution in [0.1, 0.15) is 51.2 Å². The maximum atomic E-state index is 13.7. The van der Waals surface area contributed by atoms with Gasteiger partial charge in [-0.15, -0.1) is 0 Å². The van der Waals surface area contributed by atoms with E-state index >= 15 is 0 Å². The summed E-state index contributed by atoms with van der Waals surface area (Å²) < 4.78 is 23.9. The molecule has 0 aliphatic carbocycles. The van der Waals surface area contributed by atoms with E-state index in [-0.39, 0.29) is 11.7 Å². The van der Waals surface area contributed by atoms with Crippen LogP contribution in [0.5, 0.6) is 5.75 Å². The van der Waals surface area contributed by atoms with Crippen molar-refractivity contribution in [2.45, 2.75) is 45.6 Å². The van der Waals surface area contributed by atoms with E-state index in [1.165, 1.54) is 12.1 Å². The minimum atomic E-state index is -0.698. The Kier molecular flexibility index (Phi) is 7.75. The van der Waals surface area contributed by atoms with Crippen molar-refractivity contribution in [2.24, 2.45) is 0 Å². The molecule has 4 nitrogen and oxygen atoms in total. The molecule has 0 bridgehead atoms. The van der Waals surface area contributed by atoms with Gasteiger partial charge in [0, 0.05) is 6.42 Å². The van der Waals surface area contributed by atoms with Gasteiger partial charge in [0.1, 0.15) is 0 Å². The zero-order valence-electron chi connectivity index (χ0n) is 12.6. The second-order valence-electron chi connectivity index (χ2n) is 4.83. The molecule has 0 spiro atoms. The average molecular weight is 298 g/mol. The van der Waals surface area contributed by atoms with Gasteiger partial charge in [0.2, 0.25) is 0 Å². The van der Waals surface area contributed by atoms with Gasteiger partial charge in [0.05, 0.1) is 19.3 Å². The number of unbranched alkanes of at least 4 members (excludes halogenated alkanes) is 2. The fourth-order valence-corrected chi connectivity index (χ4v) is 1.86. The Morgan fingerprint density at radius 1 is 1.33 bits per heavy atom. The molecule has 1 N–H and O–H groups in total. The van der Waals surface area contributed by atoms with Crippen LogP contribution in [-0.4, -0.2) is 24.3 Å². The summed E-state index contributed by atoms with van der Waals surface area (Å²) in [6.45, 7) is 4.17. The van der Waals surface area contributed by atoms with E-state index in [0.29, 0.717) is 25.2 Å². The Balaban J connectivity index is 2.22. The van der Waals surface area contributed by atoms with Crippen molar-refractivity contribution in [3.63, 3.8) is 0 Å². The predicted molar refractivity (Wildman–Crippen MR) is 77.6 cm³/mol. The zero-order valence-corrected chi connectivity index (χ0v) is 12.6. The summed E-state index contributed by atoms with van der Waals surface area (Å²) in [5.41, 5.74) is 0.522. The fourth-order valence-electron chi connectivity index (χ4n) is 1.86. The molecule has 1 aromatic rings. The lowest BCUT2D eigenvalue weighted by atomic mass is 10.1. The number of halogens is 1. The topological polar surface area (TPSA) is 55.8 Å². The first-order valence-electron chi connectivity index (χ1n) is 7.30. The average Bonchev–Trinajstić information content (AvgIpc) is 2.44. The molecule has 0 unspecified atom stereocenters. The maximum absolute atomic E-state index is 13.7. The highest BCUT2D eigenvalue weighted by Gasteiger charge is 2.08. The van der Waals surface area contributed by atoms with Gasteiger partial charge in [0.25, 0.3) is 0 Å². The Morgan fingerprint density at radius 2 is 2.10 bits per heavy atom. The summed E-state index contributed by atoms with van der Waals surface area (Å²) in [6.07, 6.45) is 2.02. The Hall–Kier alpha value is -1.62. The molecular formula is C16H23FO4. The molecule has 118 valence electrons. The van der Waals surface area contributed by atoms with E-state index in [1.807, 2.05) is 0 Å². The van der Waals surface area contributed by atoms with Crippen molar-refractivity contribution in [1.29, 1.82) is 0 Å². The Bertz CT molecular complexity index is 446. The van der Waals surface area contributed by atoms with Gasteiger partial charge in [0.15, 0.2) is 11.6 Å². The summed E-state index contributed by atoms with van der Waals surface area (Å²) in [7, 11) is 0. The van der Waals surface area contributed by atoms with Crippen molar-refractivity contribution in [2.75, 3.05) is 13.2 Å². The van der Waals surface area contributed by atoms with E-state index in [2.05, 4.69) is 0 Å². The molecule has 0 radical (unpaired) electrons. The molecule has 0 saturated heterocycles. The molecule has 0 heterocycles. The molecular weight excluding hydrogens is 275 g/mol. The number of carbonyl (C=O) groups excluding carboxylic acids is 1. The van der Waals surface area contributed by atoms with Crippen LogP contribution < -0.4 is 4.74 Å². The van der Waals surface area contributed by atoms with Crippen molar-refractivity contribution in [3.8, 4) is 5.75 Å². The normalized spacial score (nSPS) is 12.0. The van der Waals surface area contributed by atoms with Gasteiger partial charge in [-0.25, -0.2) is 4.39 Å². The number of carbonyl (C=O) groups is 1. The predicted octanol–water partition coefficient (Wildman–Crippen LogP) is 3.38. The van der Waals surface area contributed by atoms with Crippen LogP contribution in [0.4, 0.5) is 4.39 Å². The molecule has 0 aliphatic rings. The minimum absolute atomic E-state index is 0.182. The number of esters is 1. The van der Waals surface area contributed by atoms with Crippen LogP contribution >= 0.6 is 0 Å². The largest absolute Gasteiger partial charge is 0.491 e. The monoisotopic (exact) mass is 298 g/mol. The molecule has 0 fully saturated rings. The minimum Gasteiger partial charge on any atom is -0.491 e. The molecule has 1 aromatic carbocycles. The van der Waals surface area contributed by atoms with Gasteiger partial charge in [-0.1, -0.05) is 6.07 Å². The molecule has 0 aliphatic heterocycles. The SMILES string of the molecule is CCOC(=O)CCCCCOc1ccc([C@H](C)O)cc1F. The highest BCUT2D eigenvalue weighted by atomic mass is 19.1. The number of aliphatic hydroxyl groups is 1. The van der Waals surface area contributed by atoms with Crippen LogP contribution in [0.3, 0.4) is 0 Å². The highest BCUT2D eigenvalue weighted by molar-refractivity contribution is 5.69. The van der Waals surface area contributed by atoms with Gasteiger partial charge >= 0.3 is 5.97 Å². The second-order valence-corrected chi connectivity index (χ2v) is 4.83. The number of rotatable bonds is 9. The molecule has 1 rings (SSSR count). The smallest absolute Gasteiger partial charge is 0.305 e. The summed E-state index contributed by atoms with van der Waals surface area (Å²) in [5.74, 6) is -0.470. The van der Waals surface area contributed by atoms with E-state index in [9.17, 15) is 14.3 Å². The van der Waals surface area contributed by atoms with E-state index in [0.717, 1.165) is 19.3 Å². The van der Waals surface area contributed by atoms with Crippen LogP contribution in [-0.2, 0) is 9.53 Å². The summed E-state index contributed by atoms with van der Waals surface area (Å²) in [6, 6.07) is 4.45. The van der Waals surface area contributed by atoms with Gasteiger partial charge in [-0.3, -0.25) is 4.79 Å². The maximum Gasteiger partial charge on any atom is 0.305 e. The number of ether oxygens (including phenoxy) is 2. The number of benzene rings is 1.